The summed E-state index contributed by atoms with van der Waals surface area (Å²) >= 11 is 0. The summed E-state index contributed by atoms with van der Waals surface area (Å²) < 4.78 is 25.9. The number of sulfonamides is 1. The van der Waals surface area contributed by atoms with Crippen LogP contribution < -0.4 is 10.5 Å². The summed E-state index contributed by atoms with van der Waals surface area (Å²) in [5.74, 6) is 0.597. The van der Waals surface area contributed by atoms with E-state index in [0.29, 0.717) is 37.6 Å². The van der Waals surface area contributed by atoms with Crippen molar-refractivity contribution >= 4 is 21.5 Å². The Morgan fingerprint density at radius 1 is 1.14 bits per heavy atom. The minimum atomic E-state index is -3.15. The number of hydrogen-bond acceptors (Lipinski definition) is 5. The Morgan fingerprint density at radius 2 is 1.86 bits per heavy atom. The molecule has 8 heteroatoms. The van der Waals surface area contributed by atoms with Crippen molar-refractivity contribution in [3.8, 4) is 0 Å². The predicted molar refractivity (Wildman–Crippen MR) is 80.1 cm³/mol. The summed E-state index contributed by atoms with van der Waals surface area (Å²) in [6.07, 6.45) is 2.89. The van der Waals surface area contributed by atoms with Gasteiger partial charge in [-0.15, -0.1) is 0 Å². The van der Waals surface area contributed by atoms with Gasteiger partial charge in [-0.05, 0) is 12.1 Å². The average Bonchev–Trinajstić information content (AvgIpc) is 2.46. The molecule has 0 N–H and O–H groups in total. The van der Waals surface area contributed by atoms with Crippen LogP contribution in [0.5, 0.6) is 0 Å². The van der Waals surface area contributed by atoms with E-state index in [4.69, 9.17) is 0 Å². The first-order chi connectivity index (χ1) is 9.95. The van der Waals surface area contributed by atoms with E-state index in [1.807, 2.05) is 11.0 Å². The molecule has 0 atom stereocenters. The molecule has 2 aromatic heterocycles. The Bertz CT molecular complexity index is 823. The fourth-order valence-corrected chi connectivity index (χ4v) is 3.28. The lowest BCUT2D eigenvalue weighted by Crippen LogP contribution is -2.48. The maximum absolute atomic E-state index is 12.1. The van der Waals surface area contributed by atoms with Gasteiger partial charge < -0.3 is 4.90 Å². The summed E-state index contributed by atoms with van der Waals surface area (Å²) in [6.45, 7) is 1.88. The van der Waals surface area contributed by atoms with E-state index in [1.54, 1.807) is 18.3 Å². The first-order valence-corrected chi connectivity index (χ1v) is 8.48. The first kappa shape index (κ1) is 14.0. The van der Waals surface area contributed by atoms with Gasteiger partial charge in [0.1, 0.15) is 11.5 Å². The highest BCUT2D eigenvalue weighted by molar-refractivity contribution is 7.88. The highest BCUT2D eigenvalue weighted by atomic mass is 32.2. The second-order valence-corrected chi connectivity index (χ2v) is 7.01. The largest absolute Gasteiger partial charge is 0.354 e. The standard InChI is InChI=1S/C13H16N4O3S/c1-21(19,20)16-8-6-15(7-9-16)12-10-13(18)17-5-3-2-4-11(17)14-12/h2-5,10H,6-9H2,1H3. The number of nitrogens with zero attached hydrogens (tertiary/aromatic N) is 4. The van der Waals surface area contributed by atoms with E-state index in [-0.39, 0.29) is 5.56 Å². The topological polar surface area (TPSA) is 75.0 Å². The highest BCUT2D eigenvalue weighted by Gasteiger charge is 2.24. The quantitative estimate of drug-likeness (QED) is 0.766. The SMILES string of the molecule is CS(=O)(=O)N1CCN(c2cc(=O)n3ccccc3n2)CC1. The highest BCUT2D eigenvalue weighted by Crippen LogP contribution is 2.14. The van der Waals surface area contributed by atoms with Gasteiger partial charge in [-0.25, -0.2) is 13.4 Å². The number of piperazine rings is 1. The van der Waals surface area contributed by atoms with Crippen LogP contribution in [0.1, 0.15) is 0 Å². The molecule has 0 amide bonds. The zero-order chi connectivity index (χ0) is 15.0. The lowest BCUT2D eigenvalue weighted by Gasteiger charge is -2.33. The van der Waals surface area contributed by atoms with Crippen LogP contribution in [0.25, 0.3) is 5.65 Å². The number of aromatic nitrogens is 2. The van der Waals surface area contributed by atoms with Crippen LogP contribution in [-0.4, -0.2) is 54.5 Å². The molecule has 1 saturated heterocycles. The van der Waals surface area contributed by atoms with Crippen LogP contribution in [0.4, 0.5) is 5.82 Å². The molecule has 0 saturated carbocycles. The second kappa shape index (κ2) is 5.12. The van der Waals surface area contributed by atoms with Crippen molar-refractivity contribution in [2.75, 3.05) is 37.3 Å². The van der Waals surface area contributed by atoms with Gasteiger partial charge in [-0.3, -0.25) is 9.20 Å². The van der Waals surface area contributed by atoms with Gasteiger partial charge in [-0.1, -0.05) is 6.07 Å². The lowest BCUT2D eigenvalue weighted by molar-refractivity contribution is 0.387. The normalized spacial score (nSPS) is 17.3. The Labute approximate surface area is 122 Å². The number of pyridine rings is 1. The lowest BCUT2D eigenvalue weighted by atomic mass is 10.3. The van der Waals surface area contributed by atoms with Gasteiger partial charge in [0.25, 0.3) is 5.56 Å². The van der Waals surface area contributed by atoms with Gasteiger partial charge in [-0.2, -0.15) is 4.31 Å². The number of fused-ring (bicyclic) bond motifs is 1. The van der Waals surface area contributed by atoms with Gasteiger partial charge in [0.15, 0.2) is 0 Å². The van der Waals surface area contributed by atoms with Crippen molar-refractivity contribution in [1.82, 2.24) is 13.7 Å². The van der Waals surface area contributed by atoms with Gasteiger partial charge in [0.05, 0.1) is 6.26 Å². The maximum Gasteiger partial charge on any atom is 0.259 e. The summed E-state index contributed by atoms with van der Waals surface area (Å²) in [6, 6.07) is 6.87. The monoisotopic (exact) mass is 308 g/mol. The third kappa shape index (κ3) is 2.77. The Balaban J connectivity index is 1.88. The number of hydrogen-bond donors (Lipinski definition) is 0. The number of rotatable bonds is 2. The van der Waals surface area contributed by atoms with E-state index in [0.717, 1.165) is 0 Å². The zero-order valence-corrected chi connectivity index (χ0v) is 12.5. The van der Waals surface area contributed by atoms with E-state index in [1.165, 1.54) is 21.0 Å². The molecule has 0 aromatic carbocycles. The Hall–Kier alpha value is -1.93. The fourth-order valence-electron chi connectivity index (χ4n) is 2.45. The van der Waals surface area contributed by atoms with Crippen LogP contribution >= 0.6 is 0 Å². The van der Waals surface area contributed by atoms with E-state index in [9.17, 15) is 13.2 Å². The third-order valence-corrected chi connectivity index (χ3v) is 4.89. The molecular formula is C13H16N4O3S. The van der Waals surface area contributed by atoms with Crippen molar-refractivity contribution in [2.24, 2.45) is 0 Å². The molecule has 3 rings (SSSR count). The van der Waals surface area contributed by atoms with Crippen LogP contribution in [0, 0.1) is 0 Å². The van der Waals surface area contributed by atoms with Crippen molar-refractivity contribution in [2.45, 2.75) is 0 Å². The Morgan fingerprint density at radius 3 is 2.52 bits per heavy atom. The third-order valence-electron chi connectivity index (χ3n) is 3.59. The molecule has 112 valence electrons. The minimum absolute atomic E-state index is 0.138. The van der Waals surface area contributed by atoms with Crippen molar-refractivity contribution in [3.63, 3.8) is 0 Å². The molecule has 3 heterocycles. The van der Waals surface area contributed by atoms with Gasteiger partial charge >= 0.3 is 0 Å². The summed E-state index contributed by atoms with van der Waals surface area (Å²) in [5.41, 5.74) is 0.451. The van der Waals surface area contributed by atoms with Gasteiger partial charge in [0.2, 0.25) is 10.0 Å². The van der Waals surface area contributed by atoms with E-state index in [2.05, 4.69) is 4.98 Å². The fraction of sp³-hybridized carbons (Fsp3) is 0.385. The summed E-state index contributed by atoms with van der Waals surface area (Å²) in [5, 5.41) is 0. The summed E-state index contributed by atoms with van der Waals surface area (Å²) in [7, 11) is -3.15. The van der Waals surface area contributed by atoms with Crippen LogP contribution in [0.3, 0.4) is 0 Å². The van der Waals surface area contributed by atoms with Crippen LogP contribution in [0.2, 0.25) is 0 Å². The predicted octanol–water partition coefficient (Wildman–Crippen LogP) is -0.224. The molecule has 2 aromatic rings. The molecule has 7 nitrogen and oxygen atoms in total. The molecule has 0 aliphatic carbocycles. The van der Waals surface area contributed by atoms with E-state index < -0.39 is 10.0 Å². The second-order valence-electron chi connectivity index (χ2n) is 5.03. The van der Waals surface area contributed by atoms with Crippen molar-refractivity contribution < 1.29 is 8.42 Å². The van der Waals surface area contributed by atoms with Crippen molar-refractivity contribution in [3.05, 3.63) is 40.8 Å². The number of anilines is 1. The van der Waals surface area contributed by atoms with Gasteiger partial charge in [0, 0.05) is 38.4 Å². The minimum Gasteiger partial charge on any atom is -0.354 e. The molecule has 0 bridgehead atoms. The molecule has 1 aliphatic rings. The van der Waals surface area contributed by atoms with Crippen LogP contribution in [0.15, 0.2) is 35.3 Å². The molecular weight excluding hydrogens is 292 g/mol. The smallest absolute Gasteiger partial charge is 0.259 e. The zero-order valence-electron chi connectivity index (χ0n) is 11.6. The average molecular weight is 308 g/mol. The van der Waals surface area contributed by atoms with Crippen molar-refractivity contribution in [1.29, 1.82) is 0 Å². The van der Waals surface area contributed by atoms with E-state index >= 15 is 0 Å². The molecule has 0 spiro atoms. The molecule has 21 heavy (non-hydrogen) atoms. The first-order valence-electron chi connectivity index (χ1n) is 6.64. The molecule has 1 aliphatic heterocycles. The molecule has 0 radical (unpaired) electrons. The molecule has 0 unspecified atom stereocenters. The Kier molecular flexibility index (Phi) is 3.42. The van der Waals surface area contributed by atoms with Crippen LogP contribution in [-0.2, 0) is 10.0 Å². The molecule has 1 fully saturated rings. The maximum atomic E-state index is 12.1. The summed E-state index contributed by atoms with van der Waals surface area (Å²) in [4.78, 5) is 18.5.